The number of hydrogen-bond donors (Lipinski definition) is 1. The maximum atomic E-state index is 13.3. The van der Waals surface area contributed by atoms with Gasteiger partial charge in [0.2, 0.25) is 15.9 Å². The van der Waals surface area contributed by atoms with Crippen molar-refractivity contribution in [3.63, 3.8) is 0 Å². The molecule has 0 radical (unpaired) electrons. The Bertz CT molecular complexity index is 1110. The predicted octanol–water partition coefficient (Wildman–Crippen LogP) is 3.17. The number of piperidine rings is 1. The highest BCUT2D eigenvalue weighted by Crippen LogP contribution is 2.32. The standard InChI is InChI=1S/C24H29N3O3S/c28-24(25-26-16-21-8-3-9-22(21)17-26)13-18-5-4-12-27(15-18)31(29,30)23-11-10-19-6-1-2-7-20(19)14-23/h1-3,6-8,10-11,14,18,21-22H,4-5,9,12-13,15-17H2,(H,25,28). The molecule has 1 amide bonds. The maximum Gasteiger partial charge on any atom is 0.243 e. The highest BCUT2D eigenvalue weighted by molar-refractivity contribution is 7.89. The Balaban J connectivity index is 1.22. The molecule has 31 heavy (non-hydrogen) atoms. The van der Waals surface area contributed by atoms with Crippen molar-refractivity contribution in [2.75, 3.05) is 26.2 Å². The molecule has 3 aliphatic rings. The summed E-state index contributed by atoms with van der Waals surface area (Å²) in [7, 11) is -3.57. The number of rotatable bonds is 5. The Morgan fingerprint density at radius 2 is 1.90 bits per heavy atom. The van der Waals surface area contributed by atoms with Crippen molar-refractivity contribution < 1.29 is 13.2 Å². The fraction of sp³-hybridized carbons (Fsp3) is 0.458. The van der Waals surface area contributed by atoms with Crippen LogP contribution in [0.25, 0.3) is 10.8 Å². The lowest BCUT2D eigenvalue weighted by Gasteiger charge is -2.32. The molecule has 2 aromatic rings. The number of carbonyl (C=O) groups is 1. The number of amides is 1. The fourth-order valence-corrected chi connectivity index (χ4v) is 6.85. The lowest BCUT2D eigenvalue weighted by molar-refractivity contribution is -0.126. The van der Waals surface area contributed by atoms with Crippen LogP contribution >= 0.6 is 0 Å². The molecule has 3 atom stereocenters. The summed E-state index contributed by atoms with van der Waals surface area (Å²) in [6, 6.07) is 13.1. The summed E-state index contributed by atoms with van der Waals surface area (Å²) in [4.78, 5) is 12.9. The molecule has 0 saturated carbocycles. The van der Waals surface area contributed by atoms with Gasteiger partial charge in [0.25, 0.3) is 0 Å². The predicted molar refractivity (Wildman–Crippen MR) is 121 cm³/mol. The maximum absolute atomic E-state index is 13.3. The monoisotopic (exact) mass is 439 g/mol. The fourth-order valence-electron chi connectivity index (χ4n) is 5.26. The molecular formula is C24H29N3O3S. The van der Waals surface area contributed by atoms with Crippen LogP contribution in [0.5, 0.6) is 0 Å². The molecule has 6 nitrogen and oxygen atoms in total. The van der Waals surface area contributed by atoms with Crippen LogP contribution in [0.1, 0.15) is 25.7 Å². The van der Waals surface area contributed by atoms with E-state index in [0.29, 0.717) is 36.2 Å². The van der Waals surface area contributed by atoms with E-state index in [0.717, 1.165) is 43.1 Å². The third-order valence-corrected chi connectivity index (χ3v) is 8.77. The molecule has 1 aliphatic carbocycles. The summed E-state index contributed by atoms with van der Waals surface area (Å²) < 4.78 is 28.1. The highest BCUT2D eigenvalue weighted by atomic mass is 32.2. The number of nitrogens with one attached hydrogen (secondary N) is 1. The molecule has 2 aliphatic heterocycles. The van der Waals surface area contributed by atoms with Crippen molar-refractivity contribution in [2.24, 2.45) is 17.8 Å². The molecule has 2 saturated heterocycles. The Hall–Kier alpha value is -2.22. The van der Waals surface area contributed by atoms with Crippen molar-refractivity contribution in [3.8, 4) is 0 Å². The number of hydrazine groups is 1. The Morgan fingerprint density at radius 1 is 1.06 bits per heavy atom. The molecule has 2 heterocycles. The van der Waals surface area contributed by atoms with Crippen molar-refractivity contribution in [3.05, 3.63) is 54.6 Å². The first-order chi connectivity index (χ1) is 15.0. The first-order valence-electron chi connectivity index (χ1n) is 11.2. The van der Waals surface area contributed by atoms with Crippen LogP contribution in [0.2, 0.25) is 0 Å². The quantitative estimate of drug-likeness (QED) is 0.727. The molecule has 1 N–H and O–H groups in total. The number of nitrogens with zero attached hydrogens (tertiary/aromatic N) is 2. The average Bonchev–Trinajstić information content (AvgIpc) is 3.35. The minimum atomic E-state index is -3.57. The van der Waals surface area contributed by atoms with E-state index in [-0.39, 0.29) is 11.8 Å². The highest BCUT2D eigenvalue weighted by Gasteiger charge is 2.35. The number of benzene rings is 2. The normalized spacial score (nSPS) is 26.9. The van der Waals surface area contributed by atoms with Crippen molar-refractivity contribution in [2.45, 2.75) is 30.6 Å². The smallest absolute Gasteiger partial charge is 0.243 e. The summed E-state index contributed by atoms with van der Waals surface area (Å²) in [5, 5.41) is 3.98. The van der Waals surface area contributed by atoms with Gasteiger partial charge in [0.1, 0.15) is 0 Å². The van der Waals surface area contributed by atoms with Gasteiger partial charge in [0.05, 0.1) is 4.90 Å². The van der Waals surface area contributed by atoms with Crippen LogP contribution in [-0.4, -0.2) is 49.8 Å². The Kier molecular flexibility index (Phi) is 5.58. The van der Waals surface area contributed by atoms with E-state index in [1.54, 1.807) is 16.4 Å². The van der Waals surface area contributed by atoms with Gasteiger partial charge in [-0.2, -0.15) is 4.31 Å². The number of sulfonamides is 1. The van der Waals surface area contributed by atoms with E-state index in [9.17, 15) is 13.2 Å². The molecule has 3 unspecified atom stereocenters. The van der Waals surface area contributed by atoms with Crippen molar-refractivity contribution in [1.29, 1.82) is 0 Å². The van der Waals surface area contributed by atoms with E-state index in [2.05, 4.69) is 17.6 Å². The largest absolute Gasteiger partial charge is 0.289 e. The van der Waals surface area contributed by atoms with Gasteiger partial charge in [-0.1, -0.05) is 42.5 Å². The zero-order valence-corrected chi connectivity index (χ0v) is 18.4. The minimum absolute atomic E-state index is 0.00101. The van der Waals surface area contributed by atoms with E-state index < -0.39 is 10.0 Å². The topological polar surface area (TPSA) is 69.7 Å². The average molecular weight is 440 g/mol. The molecule has 2 aromatic carbocycles. The lowest BCUT2D eigenvalue weighted by atomic mass is 9.96. The van der Waals surface area contributed by atoms with Crippen molar-refractivity contribution in [1.82, 2.24) is 14.7 Å². The Morgan fingerprint density at radius 3 is 2.74 bits per heavy atom. The zero-order valence-electron chi connectivity index (χ0n) is 17.6. The first kappa shape index (κ1) is 20.7. The van der Waals surface area contributed by atoms with Crippen LogP contribution in [0.3, 0.4) is 0 Å². The summed E-state index contributed by atoms with van der Waals surface area (Å²) in [6.45, 7) is 2.68. The van der Waals surface area contributed by atoms with Gasteiger partial charge in [-0.15, -0.1) is 0 Å². The molecule has 164 valence electrons. The van der Waals surface area contributed by atoms with Crippen LogP contribution in [0, 0.1) is 17.8 Å². The number of fused-ring (bicyclic) bond motifs is 2. The molecule has 2 fully saturated rings. The van der Waals surface area contributed by atoms with E-state index in [1.165, 1.54) is 0 Å². The zero-order chi connectivity index (χ0) is 21.4. The van der Waals surface area contributed by atoms with E-state index in [1.807, 2.05) is 35.3 Å². The summed E-state index contributed by atoms with van der Waals surface area (Å²) >= 11 is 0. The molecule has 5 rings (SSSR count). The van der Waals surface area contributed by atoms with Gasteiger partial charge < -0.3 is 0 Å². The molecule has 7 heteroatoms. The number of carbonyl (C=O) groups excluding carboxylic acids is 1. The number of hydrogen-bond acceptors (Lipinski definition) is 4. The minimum Gasteiger partial charge on any atom is -0.289 e. The third kappa shape index (κ3) is 4.27. The molecule has 0 spiro atoms. The number of allylic oxidation sites excluding steroid dienone is 1. The molecular weight excluding hydrogens is 410 g/mol. The second-order valence-electron chi connectivity index (χ2n) is 9.11. The van der Waals surface area contributed by atoms with Crippen LogP contribution in [-0.2, 0) is 14.8 Å². The van der Waals surface area contributed by atoms with Gasteiger partial charge in [-0.25, -0.2) is 13.4 Å². The second kappa shape index (κ2) is 8.37. The summed E-state index contributed by atoms with van der Waals surface area (Å²) in [5.41, 5.74) is 3.05. The molecule has 0 bridgehead atoms. The van der Waals surface area contributed by atoms with Crippen molar-refractivity contribution >= 4 is 26.7 Å². The lowest BCUT2D eigenvalue weighted by Crippen LogP contribution is -2.44. The van der Waals surface area contributed by atoms with Gasteiger partial charge in [-0.05, 0) is 59.9 Å². The van der Waals surface area contributed by atoms with Crippen LogP contribution in [0.15, 0.2) is 59.5 Å². The molecule has 0 aromatic heterocycles. The van der Waals surface area contributed by atoms with Crippen LogP contribution in [0.4, 0.5) is 0 Å². The first-order valence-corrected chi connectivity index (χ1v) is 12.6. The second-order valence-corrected chi connectivity index (χ2v) is 11.1. The van der Waals surface area contributed by atoms with E-state index >= 15 is 0 Å². The SMILES string of the molecule is O=C(CC1CCCN(S(=O)(=O)c2ccc3ccccc3c2)C1)NN1CC2C=CCC2C1. The van der Waals surface area contributed by atoms with Gasteiger partial charge >= 0.3 is 0 Å². The van der Waals surface area contributed by atoms with Gasteiger partial charge in [-0.3, -0.25) is 10.2 Å². The van der Waals surface area contributed by atoms with Gasteiger partial charge in [0, 0.05) is 32.6 Å². The van der Waals surface area contributed by atoms with Gasteiger partial charge in [0.15, 0.2) is 0 Å². The Labute approximate surface area is 183 Å². The summed E-state index contributed by atoms with van der Waals surface area (Å²) in [5.74, 6) is 1.22. The van der Waals surface area contributed by atoms with Crippen LogP contribution < -0.4 is 5.43 Å². The third-order valence-electron chi connectivity index (χ3n) is 6.91. The summed E-state index contributed by atoms with van der Waals surface area (Å²) in [6.07, 6.45) is 7.62. The van der Waals surface area contributed by atoms with E-state index in [4.69, 9.17) is 0 Å².